The molecule has 0 aliphatic heterocycles. The van der Waals surface area contributed by atoms with Gasteiger partial charge >= 0.3 is 5.97 Å². The number of nitro benzene ring substituents is 1. The summed E-state index contributed by atoms with van der Waals surface area (Å²) >= 11 is 11.8. The number of carbonyl (C=O) groups is 1. The fraction of sp³-hybridized carbons (Fsp3) is 0.188. The van der Waals surface area contributed by atoms with Crippen molar-refractivity contribution in [1.82, 2.24) is 0 Å². The number of nitrogens with one attached hydrogen (secondary N) is 1. The Morgan fingerprint density at radius 3 is 2.67 bits per heavy atom. The van der Waals surface area contributed by atoms with Crippen LogP contribution in [0.1, 0.15) is 23.2 Å². The van der Waals surface area contributed by atoms with E-state index < -0.39 is 10.9 Å². The Morgan fingerprint density at radius 2 is 2.00 bits per heavy atom. The summed E-state index contributed by atoms with van der Waals surface area (Å²) in [6, 6.07) is 9.05. The van der Waals surface area contributed by atoms with E-state index in [1.807, 2.05) is 0 Å². The van der Waals surface area contributed by atoms with Crippen molar-refractivity contribution >= 4 is 40.5 Å². The molecule has 1 fully saturated rings. The van der Waals surface area contributed by atoms with Gasteiger partial charge in [0.05, 0.1) is 15.5 Å². The highest BCUT2D eigenvalue weighted by Gasteiger charge is 2.26. The molecule has 1 saturated carbocycles. The predicted molar refractivity (Wildman–Crippen MR) is 91.2 cm³/mol. The molecular formula is C16H12Cl2N2O4. The van der Waals surface area contributed by atoms with E-state index >= 15 is 0 Å². The van der Waals surface area contributed by atoms with Gasteiger partial charge in [-0.3, -0.25) is 10.1 Å². The molecule has 0 atom stereocenters. The molecule has 8 heteroatoms. The molecule has 1 aliphatic carbocycles. The average Bonchev–Trinajstić information content (AvgIpc) is 3.36. The van der Waals surface area contributed by atoms with Gasteiger partial charge in [-0.2, -0.15) is 0 Å². The molecule has 3 rings (SSSR count). The largest absolute Gasteiger partial charge is 0.421 e. The van der Waals surface area contributed by atoms with E-state index in [-0.39, 0.29) is 33.1 Å². The van der Waals surface area contributed by atoms with E-state index in [9.17, 15) is 14.9 Å². The lowest BCUT2D eigenvalue weighted by Gasteiger charge is -2.09. The first-order valence-corrected chi connectivity index (χ1v) is 7.92. The second-order valence-corrected chi connectivity index (χ2v) is 6.13. The molecule has 0 amide bonds. The number of benzene rings is 2. The summed E-state index contributed by atoms with van der Waals surface area (Å²) in [5.41, 5.74) is 0.271. The zero-order valence-corrected chi connectivity index (χ0v) is 13.8. The van der Waals surface area contributed by atoms with Gasteiger partial charge in [-0.25, -0.2) is 4.79 Å². The lowest BCUT2D eigenvalue weighted by atomic mass is 10.1. The minimum Gasteiger partial charge on any atom is -0.421 e. The number of hydrogen-bond acceptors (Lipinski definition) is 5. The van der Waals surface area contributed by atoms with Gasteiger partial charge in [-0.05, 0) is 37.1 Å². The van der Waals surface area contributed by atoms with Crippen molar-refractivity contribution in [2.75, 3.05) is 5.32 Å². The van der Waals surface area contributed by atoms with E-state index in [0.717, 1.165) is 12.8 Å². The first kappa shape index (κ1) is 16.5. The Balaban J connectivity index is 1.85. The fourth-order valence-corrected chi connectivity index (χ4v) is 2.43. The molecule has 1 aliphatic rings. The van der Waals surface area contributed by atoms with Crippen molar-refractivity contribution in [3.63, 3.8) is 0 Å². The number of rotatable bonds is 5. The maximum Gasteiger partial charge on any atom is 0.343 e. The van der Waals surface area contributed by atoms with E-state index in [0.29, 0.717) is 5.69 Å². The van der Waals surface area contributed by atoms with Gasteiger partial charge in [0.15, 0.2) is 5.75 Å². The van der Waals surface area contributed by atoms with Crippen molar-refractivity contribution in [2.45, 2.75) is 18.9 Å². The second kappa shape index (κ2) is 6.67. The highest BCUT2D eigenvalue weighted by atomic mass is 35.5. The SMILES string of the molecule is O=C(Oc1cccc(Cl)c1Cl)c1ccc(NC2CC2)c([N+](=O)[O-])c1. The minimum atomic E-state index is -0.750. The molecule has 0 aromatic heterocycles. The zero-order chi connectivity index (χ0) is 17.3. The van der Waals surface area contributed by atoms with Crippen LogP contribution in [0.15, 0.2) is 36.4 Å². The van der Waals surface area contributed by atoms with Gasteiger partial charge < -0.3 is 10.1 Å². The molecule has 0 spiro atoms. The van der Waals surface area contributed by atoms with Crippen LogP contribution in [0.2, 0.25) is 10.0 Å². The zero-order valence-electron chi connectivity index (χ0n) is 12.3. The van der Waals surface area contributed by atoms with Gasteiger partial charge in [-0.1, -0.05) is 29.3 Å². The quantitative estimate of drug-likeness (QED) is 0.359. The summed E-state index contributed by atoms with van der Waals surface area (Å²) in [6.45, 7) is 0. The smallest absolute Gasteiger partial charge is 0.343 e. The van der Waals surface area contributed by atoms with Crippen molar-refractivity contribution in [3.8, 4) is 5.75 Å². The van der Waals surface area contributed by atoms with Crippen molar-refractivity contribution in [1.29, 1.82) is 0 Å². The normalized spacial score (nSPS) is 13.4. The van der Waals surface area contributed by atoms with Crippen LogP contribution < -0.4 is 10.1 Å². The molecule has 0 radical (unpaired) electrons. The molecule has 24 heavy (non-hydrogen) atoms. The maximum absolute atomic E-state index is 12.2. The molecule has 1 N–H and O–H groups in total. The number of ether oxygens (including phenoxy) is 1. The second-order valence-electron chi connectivity index (χ2n) is 5.35. The van der Waals surface area contributed by atoms with Gasteiger partial charge in [0.25, 0.3) is 5.69 Å². The van der Waals surface area contributed by atoms with Crippen LogP contribution in [-0.2, 0) is 0 Å². The van der Waals surface area contributed by atoms with Crippen LogP contribution in [-0.4, -0.2) is 16.9 Å². The molecule has 6 nitrogen and oxygen atoms in total. The molecule has 2 aromatic carbocycles. The van der Waals surface area contributed by atoms with Crippen LogP contribution >= 0.6 is 23.2 Å². The number of carbonyl (C=O) groups excluding carboxylic acids is 1. The van der Waals surface area contributed by atoms with Gasteiger partial charge in [0.2, 0.25) is 0 Å². The Kier molecular flexibility index (Phi) is 4.59. The van der Waals surface area contributed by atoms with Crippen molar-refractivity contribution in [3.05, 3.63) is 62.1 Å². The standard InChI is InChI=1S/C16H12Cl2N2O4/c17-11-2-1-3-14(15(11)18)24-16(21)9-4-7-12(19-10-5-6-10)13(8-9)20(22)23/h1-4,7-8,10,19H,5-6H2. The molecule has 0 unspecified atom stereocenters. The third-order valence-corrected chi connectivity index (χ3v) is 4.29. The number of halogens is 2. The topological polar surface area (TPSA) is 81.5 Å². The minimum absolute atomic E-state index is 0.0547. The number of nitro groups is 1. The van der Waals surface area contributed by atoms with Crippen molar-refractivity contribution in [2.24, 2.45) is 0 Å². The fourth-order valence-electron chi connectivity index (χ4n) is 2.10. The molecule has 2 aromatic rings. The summed E-state index contributed by atoms with van der Waals surface area (Å²) in [4.78, 5) is 22.9. The Labute approximate surface area is 147 Å². The number of anilines is 1. The highest BCUT2D eigenvalue weighted by Crippen LogP contribution is 2.34. The molecular weight excluding hydrogens is 355 g/mol. The summed E-state index contributed by atoms with van der Waals surface area (Å²) in [5, 5.41) is 14.6. The summed E-state index contributed by atoms with van der Waals surface area (Å²) in [6.07, 6.45) is 1.96. The van der Waals surface area contributed by atoms with Crippen LogP contribution in [0.3, 0.4) is 0 Å². The molecule has 0 heterocycles. The summed E-state index contributed by atoms with van der Waals surface area (Å²) in [7, 11) is 0. The van der Waals surface area contributed by atoms with Crippen LogP contribution in [0, 0.1) is 10.1 Å². The predicted octanol–water partition coefficient (Wildman–Crippen LogP) is 4.70. The van der Waals surface area contributed by atoms with Gasteiger partial charge in [0, 0.05) is 12.1 Å². The van der Waals surface area contributed by atoms with Crippen LogP contribution in [0.5, 0.6) is 5.75 Å². The molecule has 0 bridgehead atoms. The van der Waals surface area contributed by atoms with Gasteiger partial charge in [0.1, 0.15) is 10.7 Å². The number of esters is 1. The Hall–Kier alpha value is -2.31. The van der Waals surface area contributed by atoms with E-state index in [1.165, 1.54) is 24.3 Å². The first-order chi connectivity index (χ1) is 11.5. The summed E-state index contributed by atoms with van der Waals surface area (Å²) < 4.78 is 5.18. The summed E-state index contributed by atoms with van der Waals surface area (Å²) in [5.74, 6) is -0.655. The molecule has 0 saturated heterocycles. The monoisotopic (exact) mass is 366 g/mol. The highest BCUT2D eigenvalue weighted by molar-refractivity contribution is 6.43. The lowest BCUT2D eigenvalue weighted by molar-refractivity contribution is -0.384. The third kappa shape index (κ3) is 3.60. The number of nitrogens with zero attached hydrogens (tertiary/aromatic N) is 1. The lowest BCUT2D eigenvalue weighted by Crippen LogP contribution is -2.11. The molecule has 124 valence electrons. The first-order valence-electron chi connectivity index (χ1n) is 7.17. The van der Waals surface area contributed by atoms with Crippen LogP contribution in [0.25, 0.3) is 0 Å². The third-order valence-electron chi connectivity index (χ3n) is 3.49. The van der Waals surface area contributed by atoms with E-state index in [2.05, 4.69) is 5.32 Å². The maximum atomic E-state index is 12.2. The van der Waals surface area contributed by atoms with E-state index in [4.69, 9.17) is 27.9 Å². The van der Waals surface area contributed by atoms with Gasteiger partial charge in [-0.15, -0.1) is 0 Å². The van der Waals surface area contributed by atoms with Crippen LogP contribution in [0.4, 0.5) is 11.4 Å². The Bertz CT molecular complexity index is 822. The Morgan fingerprint density at radius 1 is 1.25 bits per heavy atom. The number of hydrogen-bond donors (Lipinski definition) is 1. The van der Waals surface area contributed by atoms with Crippen molar-refractivity contribution < 1.29 is 14.5 Å². The van der Waals surface area contributed by atoms with E-state index in [1.54, 1.807) is 12.1 Å². The average molecular weight is 367 g/mol.